The Morgan fingerprint density at radius 2 is 1.97 bits per heavy atom. The molecule has 1 N–H and O–H groups in total. The lowest BCUT2D eigenvalue weighted by Gasteiger charge is -2.40. The maximum Gasteiger partial charge on any atom is 0.271 e. The van der Waals surface area contributed by atoms with Crippen molar-refractivity contribution in [2.75, 3.05) is 39.4 Å². The van der Waals surface area contributed by atoms with Gasteiger partial charge in [0.05, 0.1) is 5.02 Å². The molecule has 2 saturated heterocycles. The van der Waals surface area contributed by atoms with Gasteiger partial charge in [0, 0.05) is 37.9 Å². The lowest BCUT2D eigenvalue weighted by atomic mass is 9.79. The molecular weight excluding hydrogens is 404 g/mol. The standard InChI is InChI=1S/C22H29ClN4O3/c23-18-5-1-2-6-20(18)30-17-27-12-7-19(25-27)21(28)24-15-22(8-13-29-14-9-22)16-26-10-3-4-11-26/h1-2,5-7,12H,3-4,8-11,13-17H2,(H,24,28). The van der Waals surface area contributed by atoms with Gasteiger partial charge in [-0.25, -0.2) is 4.68 Å². The van der Waals surface area contributed by atoms with Crippen molar-refractivity contribution in [1.82, 2.24) is 20.0 Å². The van der Waals surface area contributed by atoms with Crippen molar-refractivity contribution >= 4 is 17.5 Å². The Kier molecular flexibility index (Phi) is 6.92. The van der Waals surface area contributed by atoms with Gasteiger partial charge in [-0.05, 0) is 57.0 Å². The molecule has 2 aliphatic rings. The van der Waals surface area contributed by atoms with E-state index in [0.717, 1.165) is 45.7 Å². The van der Waals surface area contributed by atoms with Crippen LogP contribution in [0.4, 0.5) is 0 Å². The van der Waals surface area contributed by atoms with Crippen LogP contribution in [0.3, 0.4) is 0 Å². The van der Waals surface area contributed by atoms with Crippen molar-refractivity contribution in [2.24, 2.45) is 5.41 Å². The van der Waals surface area contributed by atoms with Crippen LogP contribution < -0.4 is 10.1 Å². The number of nitrogens with one attached hydrogen (secondary N) is 1. The molecule has 8 heteroatoms. The number of ether oxygens (including phenoxy) is 2. The van der Waals surface area contributed by atoms with Gasteiger partial charge >= 0.3 is 0 Å². The number of benzene rings is 1. The zero-order valence-corrected chi connectivity index (χ0v) is 17.9. The normalized spacial score (nSPS) is 19.0. The highest BCUT2D eigenvalue weighted by Crippen LogP contribution is 2.32. The minimum Gasteiger partial charge on any atom is -0.470 e. The van der Waals surface area contributed by atoms with E-state index in [1.54, 1.807) is 29.1 Å². The molecule has 3 heterocycles. The highest BCUT2D eigenvalue weighted by atomic mass is 35.5. The first-order valence-corrected chi connectivity index (χ1v) is 11.0. The summed E-state index contributed by atoms with van der Waals surface area (Å²) in [5.41, 5.74) is 0.467. The fraction of sp³-hybridized carbons (Fsp3) is 0.545. The summed E-state index contributed by atoms with van der Waals surface area (Å²) in [5.74, 6) is 0.433. The van der Waals surface area contributed by atoms with E-state index in [-0.39, 0.29) is 18.1 Å². The van der Waals surface area contributed by atoms with E-state index in [1.807, 2.05) is 12.1 Å². The summed E-state index contributed by atoms with van der Waals surface area (Å²) in [4.78, 5) is 15.2. The molecule has 30 heavy (non-hydrogen) atoms. The summed E-state index contributed by atoms with van der Waals surface area (Å²) in [6.45, 7) is 5.70. The van der Waals surface area contributed by atoms with E-state index < -0.39 is 0 Å². The van der Waals surface area contributed by atoms with Gasteiger partial charge in [0.2, 0.25) is 0 Å². The second-order valence-electron chi connectivity index (χ2n) is 8.22. The van der Waals surface area contributed by atoms with Crippen molar-refractivity contribution in [3.63, 3.8) is 0 Å². The zero-order valence-electron chi connectivity index (χ0n) is 17.2. The number of nitrogens with zero attached hydrogens (tertiary/aromatic N) is 3. The summed E-state index contributed by atoms with van der Waals surface area (Å²) in [7, 11) is 0. The number of rotatable bonds is 8. The molecule has 1 amide bonds. The number of hydrogen-bond acceptors (Lipinski definition) is 5. The van der Waals surface area contributed by atoms with Gasteiger partial charge in [-0.2, -0.15) is 5.10 Å². The second-order valence-corrected chi connectivity index (χ2v) is 8.63. The molecule has 7 nitrogen and oxygen atoms in total. The molecule has 2 aliphatic heterocycles. The predicted molar refractivity (Wildman–Crippen MR) is 115 cm³/mol. The van der Waals surface area contributed by atoms with Crippen molar-refractivity contribution < 1.29 is 14.3 Å². The van der Waals surface area contributed by atoms with Crippen LogP contribution in [0.1, 0.15) is 36.2 Å². The molecule has 1 aromatic carbocycles. The zero-order chi connectivity index (χ0) is 20.8. The fourth-order valence-corrected chi connectivity index (χ4v) is 4.41. The minimum absolute atomic E-state index is 0.0774. The van der Waals surface area contributed by atoms with E-state index in [9.17, 15) is 4.79 Å². The molecule has 0 aliphatic carbocycles. The third-order valence-electron chi connectivity index (χ3n) is 6.00. The van der Waals surface area contributed by atoms with Crippen LogP contribution in [0.25, 0.3) is 0 Å². The van der Waals surface area contributed by atoms with E-state index in [0.29, 0.717) is 23.0 Å². The minimum atomic E-state index is -0.154. The summed E-state index contributed by atoms with van der Waals surface area (Å²) in [5, 5.41) is 8.01. The van der Waals surface area contributed by atoms with Crippen LogP contribution in [0, 0.1) is 5.41 Å². The van der Waals surface area contributed by atoms with Crippen molar-refractivity contribution in [3.05, 3.63) is 47.2 Å². The molecule has 0 spiro atoms. The van der Waals surface area contributed by atoms with Crippen LogP contribution in [0.2, 0.25) is 5.02 Å². The van der Waals surface area contributed by atoms with Crippen molar-refractivity contribution in [1.29, 1.82) is 0 Å². The average Bonchev–Trinajstić information content (AvgIpc) is 3.44. The SMILES string of the molecule is O=C(NCC1(CN2CCCC2)CCOCC1)c1ccn(COc2ccccc2Cl)n1. The molecule has 0 radical (unpaired) electrons. The van der Waals surface area contributed by atoms with Gasteiger partial charge in [0.25, 0.3) is 5.91 Å². The van der Waals surface area contributed by atoms with E-state index >= 15 is 0 Å². The van der Waals surface area contributed by atoms with Gasteiger partial charge in [0.1, 0.15) is 11.4 Å². The fourth-order valence-electron chi connectivity index (χ4n) is 4.22. The molecule has 0 bridgehead atoms. The lowest BCUT2D eigenvalue weighted by Crippen LogP contribution is -2.48. The largest absolute Gasteiger partial charge is 0.470 e. The Morgan fingerprint density at radius 1 is 1.20 bits per heavy atom. The number of carbonyl (C=O) groups is 1. The van der Waals surface area contributed by atoms with Gasteiger partial charge < -0.3 is 19.7 Å². The smallest absolute Gasteiger partial charge is 0.271 e. The monoisotopic (exact) mass is 432 g/mol. The number of amides is 1. The predicted octanol–water partition coefficient (Wildman–Crippen LogP) is 3.20. The Morgan fingerprint density at radius 3 is 2.73 bits per heavy atom. The van der Waals surface area contributed by atoms with Crippen LogP contribution in [-0.2, 0) is 11.5 Å². The first kappa shape index (κ1) is 21.2. The van der Waals surface area contributed by atoms with Gasteiger partial charge in [0.15, 0.2) is 6.73 Å². The van der Waals surface area contributed by atoms with E-state index in [1.165, 1.54) is 12.8 Å². The first-order chi connectivity index (χ1) is 14.6. The molecule has 162 valence electrons. The van der Waals surface area contributed by atoms with Gasteiger partial charge in [-0.3, -0.25) is 4.79 Å². The lowest BCUT2D eigenvalue weighted by molar-refractivity contribution is -0.000659. The van der Waals surface area contributed by atoms with Crippen LogP contribution >= 0.6 is 11.6 Å². The molecule has 2 aromatic rings. The number of halogens is 1. The highest BCUT2D eigenvalue weighted by molar-refractivity contribution is 6.32. The molecule has 0 saturated carbocycles. The second kappa shape index (κ2) is 9.81. The molecule has 2 fully saturated rings. The number of aromatic nitrogens is 2. The Hall–Kier alpha value is -2.09. The van der Waals surface area contributed by atoms with Crippen LogP contribution in [0.15, 0.2) is 36.5 Å². The highest BCUT2D eigenvalue weighted by Gasteiger charge is 2.35. The van der Waals surface area contributed by atoms with Crippen molar-refractivity contribution in [3.8, 4) is 5.75 Å². The average molecular weight is 433 g/mol. The quantitative estimate of drug-likeness (QED) is 0.693. The summed E-state index contributed by atoms with van der Waals surface area (Å²) in [6.07, 6.45) is 6.23. The Labute approximate surface area is 182 Å². The summed E-state index contributed by atoms with van der Waals surface area (Å²) in [6, 6.07) is 8.99. The topological polar surface area (TPSA) is 68.6 Å². The molecule has 1 aromatic heterocycles. The maximum atomic E-state index is 12.7. The first-order valence-electron chi connectivity index (χ1n) is 10.6. The number of para-hydroxylation sites is 1. The van der Waals surface area contributed by atoms with Crippen LogP contribution in [-0.4, -0.2) is 60.0 Å². The molecular formula is C22H29ClN4O3. The van der Waals surface area contributed by atoms with Gasteiger partial charge in [-0.15, -0.1) is 0 Å². The number of carbonyl (C=O) groups excluding carboxylic acids is 1. The van der Waals surface area contributed by atoms with Gasteiger partial charge in [-0.1, -0.05) is 23.7 Å². The molecule has 4 rings (SSSR count). The van der Waals surface area contributed by atoms with E-state index in [2.05, 4.69) is 15.3 Å². The summed E-state index contributed by atoms with van der Waals surface area (Å²) < 4.78 is 12.9. The third kappa shape index (κ3) is 5.33. The Balaban J connectivity index is 1.32. The third-order valence-corrected chi connectivity index (χ3v) is 6.31. The van der Waals surface area contributed by atoms with Crippen molar-refractivity contribution in [2.45, 2.75) is 32.4 Å². The maximum absolute atomic E-state index is 12.7. The Bertz CT molecular complexity index is 844. The molecule has 0 atom stereocenters. The molecule has 0 unspecified atom stereocenters. The number of hydrogen-bond donors (Lipinski definition) is 1. The summed E-state index contributed by atoms with van der Waals surface area (Å²) >= 11 is 6.10. The van der Waals surface area contributed by atoms with Crippen LogP contribution in [0.5, 0.6) is 5.75 Å². The number of likely N-dealkylation sites (tertiary alicyclic amines) is 1. The van der Waals surface area contributed by atoms with E-state index in [4.69, 9.17) is 21.1 Å².